The monoisotopic (exact) mass is 367 g/mol. The molecule has 2 aromatic heterocycles. The van der Waals surface area contributed by atoms with Crippen LogP contribution in [0, 0.1) is 12.3 Å². The second-order valence-corrected chi connectivity index (χ2v) is 7.84. The number of benzene rings is 1. The summed E-state index contributed by atoms with van der Waals surface area (Å²) >= 11 is 0. The molecule has 1 amide bonds. The number of carbonyl (C=O) groups is 1. The van der Waals surface area contributed by atoms with Crippen LogP contribution in [0.4, 0.5) is 0 Å². The number of aromatic nitrogens is 4. The van der Waals surface area contributed by atoms with E-state index in [1.807, 2.05) is 35.9 Å². The lowest BCUT2D eigenvalue weighted by atomic mass is 9.86. The van der Waals surface area contributed by atoms with Gasteiger partial charge in [-0.15, -0.1) is 0 Å². The van der Waals surface area contributed by atoms with Crippen LogP contribution in [0.1, 0.15) is 26.5 Å². The van der Waals surface area contributed by atoms with Gasteiger partial charge in [-0.05, 0) is 18.4 Å². The first-order chi connectivity index (χ1) is 12.8. The normalized spacial score (nSPS) is 12.9. The van der Waals surface area contributed by atoms with Crippen molar-refractivity contribution in [1.29, 1.82) is 0 Å². The second kappa shape index (κ2) is 7.34. The Bertz CT molecular complexity index is 999. The molecule has 0 saturated heterocycles. The van der Waals surface area contributed by atoms with Crippen LogP contribution in [0.3, 0.4) is 0 Å². The Kier molecular flexibility index (Phi) is 5.12. The van der Waals surface area contributed by atoms with Gasteiger partial charge in [-0.2, -0.15) is 5.10 Å². The Morgan fingerprint density at radius 3 is 2.56 bits per heavy atom. The third-order valence-corrected chi connectivity index (χ3v) is 4.68. The van der Waals surface area contributed by atoms with E-state index < -0.39 is 0 Å². The number of hydrogen-bond donors (Lipinski definition) is 1. The first-order valence-electron chi connectivity index (χ1n) is 8.97. The minimum Gasteiger partial charge on any atom is -0.349 e. The molecule has 0 aliphatic heterocycles. The van der Waals surface area contributed by atoms with E-state index in [0.717, 1.165) is 11.1 Å². The van der Waals surface area contributed by atoms with Crippen molar-refractivity contribution in [2.45, 2.75) is 46.8 Å². The Balaban J connectivity index is 1.81. The Hall–Kier alpha value is -2.96. The average molecular weight is 367 g/mol. The van der Waals surface area contributed by atoms with Crippen LogP contribution in [0.25, 0.3) is 10.8 Å². The molecule has 0 saturated carbocycles. The predicted octanol–water partition coefficient (Wildman–Crippen LogP) is 2.13. The van der Waals surface area contributed by atoms with Crippen LogP contribution in [0.5, 0.6) is 0 Å². The van der Waals surface area contributed by atoms with E-state index in [0.29, 0.717) is 11.9 Å². The van der Waals surface area contributed by atoms with Crippen molar-refractivity contribution in [2.75, 3.05) is 0 Å². The first-order valence-corrected chi connectivity index (χ1v) is 8.97. The zero-order valence-electron chi connectivity index (χ0n) is 16.1. The maximum atomic E-state index is 12.7. The van der Waals surface area contributed by atoms with E-state index in [2.05, 4.69) is 36.2 Å². The maximum Gasteiger partial charge on any atom is 0.275 e. The number of nitrogens with one attached hydrogen (secondary N) is 1. The summed E-state index contributed by atoms with van der Waals surface area (Å²) in [6, 6.07) is 7.20. The van der Waals surface area contributed by atoms with Gasteiger partial charge >= 0.3 is 0 Å². The summed E-state index contributed by atoms with van der Waals surface area (Å²) < 4.78 is 3.17. The maximum absolute atomic E-state index is 12.7. The van der Waals surface area contributed by atoms with Gasteiger partial charge in [-0.3, -0.25) is 9.59 Å². The third-order valence-electron chi connectivity index (χ3n) is 4.68. The van der Waals surface area contributed by atoms with Crippen LogP contribution in [-0.2, 0) is 17.9 Å². The minimum atomic E-state index is -0.256. The van der Waals surface area contributed by atoms with Crippen LogP contribution >= 0.6 is 0 Å². The number of hydrogen-bond acceptors (Lipinski definition) is 4. The number of fused-ring (bicyclic) bond motifs is 1. The van der Waals surface area contributed by atoms with Crippen molar-refractivity contribution in [3.63, 3.8) is 0 Å². The Morgan fingerprint density at radius 2 is 1.93 bits per heavy atom. The lowest BCUT2D eigenvalue weighted by molar-refractivity contribution is -0.123. The van der Waals surface area contributed by atoms with Crippen molar-refractivity contribution in [2.24, 2.45) is 5.41 Å². The van der Waals surface area contributed by atoms with Gasteiger partial charge in [0.05, 0.1) is 23.4 Å². The van der Waals surface area contributed by atoms with Crippen molar-refractivity contribution in [1.82, 2.24) is 24.6 Å². The van der Waals surface area contributed by atoms with Gasteiger partial charge < -0.3 is 9.88 Å². The fourth-order valence-corrected chi connectivity index (χ4v) is 3.03. The molecule has 1 N–H and O–H groups in total. The highest BCUT2D eigenvalue weighted by Gasteiger charge is 2.27. The lowest BCUT2D eigenvalue weighted by Gasteiger charge is -2.31. The molecule has 0 bridgehead atoms. The molecule has 7 heteroatoms. The molecule has 27 heavy (non-hydrogen) atoms. The Morgan fingerprint density at radius 1 is 1.22 bits per heavy atom. The van der Waals surface area contributed by atoms with Gasteiger partial charge in [0.2, 0.25) is 5.91 Å². The van der Waals surface area contributed by atoms with Gasteiger partial charge in [0.15, 0.2) is 0 Å². The second-order valence-electron chi connectivity index (χ2n) is 7.84. The van der Waals surface area contributed by atoms with E-state index in [1.165, 1.54) is 4.68 Å². The highest BCUT2D eigenvalue weighted by molar-refractivity contribution is 5.83. The van der Waals surface area contributed by atoms with Gasteiger partial charge in [-0.1, -0.05) is 39.0 Å². The average Bonchev–Trinajstić information content (AvgIpc) is 3.11. The third kappa shape index (κ3) is 4.24. The van der Waals surface area contributed by atoms with Gasteiger partial charge in [-0.25, -0.2) is 9.67 Å². The van der Waals surface area contributed by atoms with Gasteiger partial charge in [0, 0.05) is 24.3 Å². The molecular formula is C20H25N5O2. The number of imidazole rings is 1. The highest BCUT2D eigenvalue weighted by Crippen LogP contribution is 2.21. The fourth-order valence-electron chi connectivity index (χ4n) is 3.03. The van der Waals surface area contributed by atoms with Crippen molar-refractivity contribution < 1.29 is 4.79 Å². The van der Waals surface area contributed by atoms with E-state index in [-0.39, 0.29) is 29.5 Å². The van der Waals surface area contributed by atoms with Gasteiger partial charge in [0.25, 0.3) is 5.56 Å². The molecule has 0 spiro atoms. The quantitative estimate of drug-likeness (QED) is 0.749. The van der Waals surface area contributed by atoms with Crippen molar-refractivity contribution in [3.8, 4) is 0 Å². The summed E-state index contributed by atoms with van der Waals surface area (Å²) in [6.45, 7) is 8.54. The number of carbonyl (C=O) groups excluding carboxylic acids is 1. The fraction of sp³-hybridized carbons (Fsp3) is 0.400. The van der Waals surface area contributed by atoms with E-state index in [1.54, 1.807) is 18.6 Å². The van der Waals surface area contributed by atoms with E-state index >= 15 is 0 Å². The molecule has 3 rings (SSSR count). The number of nitrogens with zero attached hydrogens (tertiary/aromatic N) is 4. The van der Waals surface area contributed by atoms with Crippen molar-refractivity contribution in [3.05, 3.63) is 59.0 Å². The topological polar surface area (TPSA) is 81.8 Å². The Labute approximate surface area is 158 Å². The smallest absolute Gasteiger partial charge is 0.275 e. The number of aryl methyl sites for hydroxylation is 1. The molecule has 1 aromatic carbocycles. The van der Waals surface area contributed by atoms with Crippen LogP contribution in [0.2, 0.25) is 0 Å². The van der Waals surface area contributed by atoms with Crippen LogP contribution in [-0.4, -0.2) is 31.3 Å². The molecule has 3 aromatic rings. The zero-order valence-corrected chi connectivity index (χ0v) is 16.1. The lowest BCUT2D eigenvalue weighted by Crippen LogP contribution is -2.48. The molecule has 2 heterocycles. The molecule has 142 valence electrons. The van der Waals surface area contributed by atoms with Crippen molar-refractivity contribution >= 4 is 16.7 Å². The molecule has 0 unspecified atom stereocenters. The van der Waals surface area contributed by atoms with Gasteiger partial charge in [0.1, 0.15) is 6.54 Å². The molecule has 0 aliphatic carbocycles. The summed E-state index contributed by atoms with van der Waals surface area (Å²) in [4.78, 5) is 29.4. The standard InChI is InChI=1S/C20H25N5O2/c1-14-15-7-5-6-8-16(15)19(27)25(23-14)12-18(26)22-17(20(2,3)4)11-24-10-9-21-13-24/h5-10,13,17H,11-12H2,1-4H3,(H,22,26)/t17-/m0/s1. The highest BCUT2D eigenvalue weighted by atomic mass is 16.2. The first kappa shape index (κ1) is 18.8. The molecular weight excluding hydrogens is 342 g/mol. The SMILES string of the molecule is Cc1nn(CC(=O)N[C@@H](Cn2ccnc2)C(C)(C)C)c(=O)c2ccccc12. The van der Waals surface area contributed by atoms with Crippen LogP contribution < -0.4 is 10.9 Å². The molecule has 7 nitrogen and oxygen atoms in total. The predicted molar refractivity (Wildman–Crippen MR) is 104 cm³/mol. The molecule has 0 aliphatic rings. The number of rotatable bonds is 5. The van der Waals surface area contributed by atoms with E-state index in [4.69, 9.17) is 0 Å². The molecule has 1 atom stereocenters. The summed E-state index contributed by atoms with van der Waals surface area (Å²) in [6.07, 6.45) is 5.30. The van der Waals surface area contributed by atoms with E-state index in [9.17, 15) is 9.59 Å². The largest absolute Gasteiger partial charge is 0.349 e. The molecule has 0 fully saturated rings. The summed E-state index contributed by atoms with van der Waals surface area (Å²) in [5.41, 5.74) is 0.314. The zero-order chi connectivity index (χ0) is 19.6. The van der Waals surface area contributed by atoms with Crippen LogP contribution in [0.15, 0.2) is 47.8 Å². The minimum absolute atomic E-state index is 0.110. The summed E-state index contributed by atoms with van der Waals surface area (Å²) in [7, 11) is 0. The summed E-state index contributed by atoms with van der Waals surface area (Å²) in [5, 5.41) is 8.75. The number of amides is 1. The summed E-state index contributed by atoms with van der Waals surface area (Å²) in [5.74, 6) is -0.237. The molecule has 0 radical (unpaired) electrons.